The number of benzene rings is 1. The Morgan fingerprint density at radius 2 is 1.58 bits per heavy atom. The van der Waals surface area contributed by atoms with E-state index in [-0.39, 0.29) is 5.91 Å². The third-order valence-electron chi connectivity index (χ3n) is 4.57. The van der Waals surface area contributed by atoms with E-state index in [2.05, 4.69) is 22.8 Å². The summed E-state index contributed by atoms with van der Waals surface area (Å²) in [5, 5.41) is 5.61. The first-order chi connectivity index (χ1) is 14.8. The average Bonchev–Trinajstić information content (AvgIpc) is 2.71. The van der Waals surface area contributed by atoms with Crippen molar-refractivity contribution in [3.8, 4) is 0 Å². The van der Waals surface area contributed by atoms with Gasteiger partial charge in [-0.25, -0.2) is 4.79 Å². The van der Waals surface area contributed by atoms with Crippen LogP contribution in [0, 0.1) is 0 Å². The Bertz CT molecular complexity index is 617. The van der Waals surface area contributed by atoms with E-state index in [9.17, 15) is 9.59 Å². The second-order valence-corrected chi connectivity index (χ2v) is 8.77. The van der Waals surface area contributed by atoms with Gasteiger partial charge >= 0.3 is 6.09 Å². The van der Waals surface area contributed by atoms with Gasteiger partial charge in [-0.2, -0.15) is 0 Å². The minimum Gasteiger partial charge on any atom is -0.444 e. The fraction of sp³-hybridized carbons (Fsp3) is 0.667. The first kappa shape index (κ1) is 26.9. The Morgan fingerprint density at radius 1 is 0.935 bits per heavy atom. The smallest absolute Gasteiger partial charge is 0.407 e. The van der Waals surface area contributed by atoms with Crippen LogP contribution in [0.4, 0.5) is 4.79 Å². The molecule has 1 aromatic rings. The number of carbonyl (C=O) groups excluding carboxylic acids is 2. The lowest BCUT2D eigenvalue weighted by Gasteiger charge is -2.19. The minimum absolute atomic E-state index is 0.105. The highest BCUT2D eigenvalue weighted by Gasteiger charge is 2.16. The summed E-state index contributed by atoms with van der Waals surface area (Å²) in [4.78, 5) is 23.6. The van der Waals surface area contributed by atoms with Crippen LogP contribution in [0.1, 0.15) is 71.3 Å². The highest BCUT2D eigenvalue weighted by atomic mass is 16.6. The maximum absolute atomic E-state index is 12.0. The van der Waals surface area contributed by atoms with E-state index in [0.717, 1.165) is 45.1 Å². The molecule has 0 saturated carbocycles. The number of nitrogens with two attached hydrogens (primary N) is 1. The highest BCUT2D eigenvalue weighted by molar-refractivity contribution is 5.81. The summed E-state index contributed by atoms with van der Waals surface area (Å²) in [5.41, 5.74) is 6.64. The van der Waals surface area contributed by atoms with Crippen LogP contribution in [0.25, 0.3) is 0 Å². The summed E-state index contributed by atoms with van der Waals surface area (Å²) < 4.78 is 10.8. The molecule has 176 valence electrons. The lowest BCUT2D eigenvalue weighted by molar-refractivity contribution is -0.122. The van der Waals surface area contributed by atoms with E-state index in [0.29, 0.717) is 26.1 Å². The second kappa shape index (κ2) is 15.6. The van der Waals surface area contributed by atoms with Gasteiger partial charge < -0.3 is 25.8 Å². The van der Waals surface area contributed by atoms with Gasteiger partial charge in [0.2, 0.25) is 5.91 Å². The number of ether oxygens (including phenoxy) is 2. The lowest BCUT2D eigenvalue weighted by atomic mass is 10.1. The molecule has 0 aliphatic carbocycles. The van der Waals surface area contributed by atoms with Crippen LogP contribution in [0.5, 0.6) is 0 Å². The van der Waals surface area contributed by atoms with Crippen molar-refractivity contribution < 1.29 is 19.1 Å². The molecule has 7 heteroatoms. The zero-order valence-corrected chi connectivity index (χ0v) is 19.5. The van der Waals surface area contributed by atoms with Gasteiger partial charge in [-0.05, 0) is 58.4 Å². The molecule has 0 unspecified atom stereocenters. The molecular weight excluding hydrogens is 394 g/mol. The van der Waals surface area contributed by atoms with Gasteiger partial charge in [0.05, 0.1) is 12.6 Å². The molecule has 0 bridgehead atoms. The van der Waals surface area contributed by atoms with Gasteiger partial charge in [0.1, 0.15) is 5.60 Å². The largest absolute Gasteiger partial charge is 0.444 e. The zero-order valence-electron chi connectivity index (χ0n) is 19.5. The van der Waals surface area contributed by atoms with Crippen molar-refractivity contribution in [3.05, 3.63) is 35.9 Å². The zero-order chi connectivity index (χ0) is 23.0. The summed E-state index contributed by atoms with van der Waals surface area (Å²) in [5.74, 6) is -0.105. The topological polar surface area (TPSA) is 103 Å². The SMILES string of the molecule is CC(C)(C)OC(=O)NCCCC[C@H](N)C(=O)NCCCCCCOCc1ccccc1. The monoisotopic (exact) mass is 435 g/mol. The van der Waals surface area contributed by atoms with Gasteiger partial charge in [0.25, 0.3) is 0 Å². The van der Waals surface area contributed by atoms with Crippen LogP contribution in [-0.2, 0) is 20.9 Å². The number of hydrogen-bond donors (Lipinski definition) is 3. The van der Waals surface area contributed by atoms with Crippen LogP contribution in [0.2, 0.25) is 0 Å². The van der Waals surface area contributed by atoms with Crippen molar-refractivity contribution in [2.24, 2.45) is 5.73 Å². The predicted octanol–water partition coefficient (Wildman–Crippen LogP) is 3.90. The first-order valence-corrected chi connectivity index (χ1v) is 11.4. The molecule has 0 saturated heterocycles. The lowest BCUT2D eigenvalue weighted by Crippen LogP contribution is -2.41. The predicted molar refractivity (Wildman–Crippen MR) is 124 cm³/mol. The molecule has 0 radical (unpaired) electrons. The number of alkyl carbamates (subject to hydrolysis) is 1. The van der Waals surface area contributed by atoms with Crippen LogP contribution < -0.4 is 16.4 Å². The number of unbranched alkanes of at least 4 members (excludes halogenated alkanes) is 4. The molecule has 1 rings (SSSR count). The molecule has 0 aliphatic rings. The summed E-state index contributed by atoms with van der Waals surface area (Å²) in [6, 6.07) is 9.66. The molecular formula is C24H41N3O4. The Balaban J connectivity index is 1.92. The molecule has 0 aromatic heterocycles. The summed E-state index contributed by atoms with van der Waals surface area (Å²) >= 11 is 0. The fourth-order valence-corrected chi connectivity index (χ4v) is 2.91. The van der Waals surface area contributed by atoms with Crippen molar-refractivity contribution in [1.82, 2.24) is 10.6 Å². The standard InChI is InChI=1S/C24H41N3O4/c1-24(2,3)31-23(29)27-17-11-9-15-21(25)22(28)26-16-10-4-5-12-18-30-19-20-13-7-6-8-14-20/h6-8,13-14,21H,4-5,9-12,15-19,25H2,1-3H3,(H,26,28)(H,27,29)/t21-/m0/s1. The van der Waals surface area contributed by atoms with E-state index in [1.54, 1.807) is 0 Å². The van der Waals surface area contributed by atoms with Crippen molar-refractivity contribution in [2.45, 2.75) is 84.0 Å². The maximum atomic E-state index is 12.0. The van der Waals surface area contributed by atoms with E-state index < -0.39 is 17.7 Å². The van der Waals surface area contributed by atoms with Crippen molar-refractivity contribution >= 4 is 12.0 Å². The quantitative estimate of drug-likeness (QED) is 0.363. The highest BCUT2D eigenvalue weighted by Crippen LogP contribution is 2.07. The summed E-state index contributed by atoms with van der Waals surface area (Å²) in [7, 11) is 0. The molecule has 1 atom stereocenters. The third kappa shape index (κ3) is 15.3. The van der Waals surface area contributed by atoms with E-state index in [1.807, 2.05) is 39.0 Å². The molecule has 1 aromatic carbocycles. The van der Waals surface area contributed by atoms with Gasteiger partial charge in [-0.15, -0.1) is 0 Å². The van der Waals surface area contributed by atoms with Crippen LogP contribution >= 0.6 is 0 Å². The molecule has 0 spiro atoms. The summed E-state index contributed by atoms with van der Waals surface area (Å²) in [6.07, 6.45) is 5.81. The molecule has 2 amide bonds. The Kier molecular flexibility index (Phi) is 13.6. The average molecular weight is 436 g/mol. The van der Waals surface area contributed by atoms with Gasteiger partial charge in [0, 0.05) is 19.7 Å². The Labute approximate surface area is 187 Å². The summed E-state index contributed by atoms with van der Waals surface area (Å²) in [6.45, 7) is 8.06. The van der Waals surface area contributed by atoms with Gasteiger partial charge in [-0.3, -0.25) is 4.79 Å². The molecule has 4 N–H and O–H groups in total. The normalized spacial score (nSPS) is 12.3. The van der Waals surface area contributed by atoms with Crippen LogP contribution in [0.3, 0.4) is 0 Å². The number of nitrogens with one attached hydrogen (secondary N) is 2. The van der Waals surface area contributed by atoms with Crippen molar-refractivity contribution in [3.63, 3.8) is 0 Å². The number of amides is 2. The molecule has 31 heavy (non-hydrogen) atoms. The molecule has 0 fully saturated rings. The Morgan fingerprint density at radius 3 is 2.29 bits per heavy atom. The maximum Gasteiger partial charge on any atom is 0.407 e. The molecule has 0 aliphatic heterocycles. The van der Waals surface area contributed by atoms with E-state index in [4.69, 9.17) is 15.2 Å². The Hall–Kier alpha value is -2.12. The molecule has 0 heterocycles. The van der Waals surface area contributed by atoms with E-state index in [1.165, 1.54) is 5.56 Å². The van der Waals surface area contributed by atoms with Crippen LogP contribution in [-0.4, -0.2) is 43.3 Å². The fourth-order valence-electron chi connectivity index (χ4n) is 2.91. The number of rotatable bonds is 15. The molecule has 7 nitrogen and oxygen atoms in total. The third-order valence-corrected chi connectivity index (χ3v) is 4.57. The van der Waals surface area contributed by atoms with Crippen molar-refractivity contribution in [2.75, 3.05) is 19.7 Å². The van der Waals surface area contributed by atoms with E-state index >= 15 is 0 Å². The van der Waals surface area contributed by atoms with Gasteiger partial charge in [0.15, 0.2) is 0 Å². The van der Waals surface area contributed by atoms with Crippen LogP contribution in [0.15, 0.2) is 30.3 Å². The first-order valence-electron chi connectivity index (χ1n) is 11.4. The number of carbonyl (C=O) groups is 2. The second-order valence-electron chi connectivity index (χ2n) is 8.77. The number of hydrogen-bond acceptors (Lipinski definition) is 5. The van der Waals surface area contributed by atoms with Crippen molar-refractivity contribution in [1.29, 1.82) is 0 Å². The van der Waals surface area contributed by atoms with Gasteiger partial charge in [-0.1, -0.05) is 43.2 Å². The minimum atomic E-state index is -0.507.